The molecule has 0 saturated carbocycles. The zero-order valence-corrected chi connectivity index (χ0v) is 9.38. The third-order valence-corrected chi connectivity index (χ3v) is 2.05. The van der Waals surface area contributed by atoms with Gasteiger partial charge in [-0.1, -0.05) is 24.3 Å². The second kappa shape index (κ2) is 5.58. The fourth-order valence-electron chi connectivity index (χ4n) is 1.25. The quantitative estimate of drug-likeness (QED) is 0.622. The summed E-state index contributed by atoms with van der Waals surface area (Å²) in [4.78, 5) is 15.4. The lowest BCUT2D eigenvalue weighted by Crippen LogP contribution is -2.33. The van der Waals surface area contributed by atoms with Crippen LogP contribution in [-0.2, 0) is 0 Å². The number of benzene rings is 1. The molecular weight excluding hydrogens is 230 g/mol. The summed E-state index contributed by atoms with van der Waals surface area (Å²) in [5, 5.41) is 9.93. The molecule has 0 aliphatic heterocycles. The molecule has 0 aliphatic rings. The van der Waals surface area contributed by atoms with Gasteiger partial charge in [-0.05, 0) is 18.2 Å². The zero-order valence-electron chi connectivity index (χ0n) is 9.38. The Bertz CT molecular complexity index is 541. The Balaban J connectivity index is 1.94. The number of aromatic nitrogens is 1. The van der Waals surface area contributed by atoms with Crippen molar-refractivity contribution < 1.29 is 9.53 Å². The number of para-hydroxylation sites is 1. The number of carbonyl (C=O) groups excluding carboxylic acids is 1. The van der Waals surface area contributed by atoms with E-state index in [-0.39, 0.29) is 5.84 Å². The van der Waals surface area contributed by atoms with Crippen molar-refractivity contribution in [1.29, 1.82) is 5.41 Å². The van der Waals surface area contributed by atoms with Crippen LogP contribution in [0, 0.1) is 11.5 Å². The van der Waals surface area contributed by atoms with Crippen molar-refractivity contribution in [1.82, 2.24) is 10.3 Å². The predicted molar refractivity (Wildman–Crippen MR) is 65.5 cm³/mol. The molecule has 0 spiro atoms. The van der Waals surface area contributed by atoms with Gasteiger partial charge < -0.3 is 4.74 Å². The van der Waals surface area contributed by atoms with Crippen molar-refractivity contribution in [3.05, 3.63) is 60.4 Å². The molecule has 0 fully saturated rings. The smallest absolute Gasteiger partial charge is 0.410 e. The Hall–Kier alpha value is -2.69. The minimum Gasteiger partial charge on any atom is -0.410 e. The topological polar surface area (TPSA) is 75.1 Å². The van der Waals surface area contributed by atoms with E-state index in [1.54, 1.807) is 36.4 Å². The first kappa shape index (κ1) is 11.8. The van der Waals surface area contributed by atoms with Crippen LogP contribution < -0.4 is 10.1 Å². The number of nitrogens with one attached hydrogen (secondary N) is 2. The molecule has 5 nitrogen and oxygen atoms in total. The zero-order chi connectivity index (χ0) is 12.8. The highest BCUT2D eigenvalue weighted by molar-refractivity contribution is 6.03. The molecule has 1 radical (unpaired) electrons. The molecule has 1 amide bonds. The van der Waals surface area contributed by atoms with Gasteiger partial charge in [-0.15, -0.1) is 0 Å². The van der Waals surface area contributed by atoms with Crippen molar-refractivity contribution in [2.24, 2.45) is 0 Å². The van der Waals surface area contributed by atoms with Crippen LogP contribution in [0.15, 0.2) is 48.7 Å². The lowest BCUT2D eigenvalue weighted by molar-refractivity contribution is 0.206. The summed E-state index contributed by atoms with van der Waals surface area (Å²) in [6, 6.07) is 14.5. The maximum absolute atomic E-state index is 11.5. The van der Waals surface area contributed by atoms with Gasteiger partial charge in [0.15, 0.2) is 5.84 Å². The molecule has 1 aromatic carbocycles. The van der Waals surface area contributed by atoms with E-state index in [1.807, 2.05) is 6.07 Å². The lowest BCUT2D eigenvalue weighted by atomic mass is 10.3. The molecule has 0 unspecified atom stereocenters. The normalized spacial score (nSPS) is 9.56. The van der Waals surface area contributed by atoms with Gasteiger partial charge in [-0.3, -0.25) is 15.7 Å². The average Bonchev–Trinajstić information content (AvgIpc) is 2.40. The first-order chi connectivity index (χ1) is 8.75. The van der Waals surface area contributed by atoms with Crippen LogP contribution in [0.3, 0.4) is 0 Å². The number of hydrogen-bond acceptors (Lipinski definition) is 4. The third-order valence-electron chi connectivity index (χ3n) is 2.05. The molecule has 18 heavy (non-hydrogen) atoms. The van der Waals surface area contributed by atoms with Crippen molar-refractivity contribution in [2.45, 2.75) is 0 Å². The summed E-state index contributed by atoms with van der Waals surface area (Å²) in [6.45, 7) is 0. The van der Waals surface area contributed by atoms with Crippen LogP contribution in [-0.4, -0.2) is 16.9 Å². The van der Waals surface area contributed by atoms with Gasteiger partial charge >= 0.3 is 6.09 Å². The van der Waals surface area contributed by atoms with Crippen LogP contribution in [0.5, 0.6) is 5.75 Å². The van der Waals surface area contributed by atoms with Crippen LogP contribution in [0.2, 0.25) is 0 Å². The highest BCUT2D eigenvalue weighted by Crippen LogP contribution is 2.08. The molecule has 2 N–H and O–H groups in total. The fraction of sp³-hybridized carbons (Fsp3) is 0. The van der Waals surface area contributed by atoms with E-state index < -0.39 is 6.09 Å². The molecular formula is C13H10N3O2. The van der Waals surface area contributed by atoms with E-state index in [4.69, 9.17) is 10.1 Å². The van der Waals surface area contributed by atoms with Gasteiger partial charge in [0.05, 0.1) is 0 Å². The van der Waals surface area contributed by atoms with Crippen LogP contribution in [0.1, 0.15) is 5.69 Å². The first-order valence-corrected chi connectivity index (χ1v) is 5.20. The second-order valence-corrected chi connectivity index (χ2v) is 3.35. The Kier molecular flexibility index (Phi) is 3.66. The number of nitrogens with zero attached hydrogens (tertiary/aromatic N) is 1. The van der Waals surface area contributed by atoms with E-state index in [0.717, 1.165) is 0 Å². The second-order valence-electron chi connectivity index (χ2n) is 3.35. The number of pyridine rings is 1. The highest BCUT2D eigenvalue weighted by Gasteiger charge is 2.09. The standard InChI is InChI=1S/C13H10N3O2/c14-12(11-8-4-5-9-15-11)16-13(17)18-10-6-2-1-3-7-10/h1-4,6-9H,(H2,14,16,17). The van der Waals surface area contributed by atoms with Crippen molar-refractivity contribution >= 4 is 11.9 Å². The molecule has 89 valence electrons. The van der Waals surface area contributed by atoms with Gasteiger partial charge in [0.25, 0.3) is 0 Å². The van der Waals surface area contributed by atoms with Crippen molar-refractivity contribution in [2.75, 3.05) is 0 Å². The number of amidine groups is 1. The summed E-state index contributed by atoms with van der Waals surface area (Å²) >= 11 is 0. The molecule has 5 heteroatoms. The van der Waals surface area contributed by atoms with Crippen LogP contribution in [0.25, 0.3) is 0 Å². The van der Waals surface area contributed by atoms with Crippen molar-refractivity contribution in [3.8, 4) is 5.75 Å². The van der Waals surface area contributed by atoms with Gasteiger partial charge in [-0.2, -0.15) is 0 Å². The Morgan fingerprint density at radius 1 is 1.28 bits per heavy atom. The molecule has 0 bridgehead atoms. The summed E-state index contributed by atoms with van der Waals surface area (Å²) in [5.74, 6) is 0.294. The number of carbonyl (C=O) groups is 1. The van der Waals surface area contributed by atoms with E-state index >= 15 is 0 Å². The summed E-state index contributed by atoms with van der Waals surface area (Å²) in [6.07, 6.45) is 0.703. The summed E-state index contributed by atoms with van der Waals surface area (Å²) in [7, 11) is 0. The molecule has 2 aromatic rings. The van der Waals surface area contributed by atoms with Gasteiger partial charge in [0.1, 0.15) is 11.4 Å². The van der Waals surface area contributed by atoms with E-state index in [9.17, 15) is 4.79 Å². The fourth-order valence-corrected chi connectivity index (χ4v) is 1.25. The lowest BCUT2D eigenvalue weighted by Gasteiger charge is -2.06. The molecule has 0 atom stereocenters. The average molecular weight is 240 g/mol. The summed E-state index contributed by atoms with van der Waals surface area (Å²) in [5.41, 5.74) is 0.346. The van der Waals surface area contributed by atoms with Crippen molar-refractivity contribution in [3.63, 3.8) is 0 Å². The van der Waals surface area contributed by atoms with E-state index in [1.165, 1.54) is 6.20 Å². The van der Waals surface area contributed by atoms with Gasteiger partial charge in [0.2, 0.25) is 0 Å². The van der Waals surface area contributed by atoms with Crippen LogP contribution in [0.4, 0.5) is 4.79 Å². The molecule has 0 aliphatic carbocycles. The van der Waals surface area contributed by atoms with Crippen LogP contribution >= 0.6 is 0 Å². The maximum Gasteiger partial charge on any atom is 0.418 e. The Morgan fingerprint density at radius 2 is 2.06 bits per heavy atom. The summed E-state index contributed by atoms with van der Waals surface area (Å²) < 4.78 is 4.98. The van der Waals surface area contributed by atoms with Gasteiger partial charge in [-0.25, -0.2) is 4.79 Å². The largest absolute Gasteiger partial charge is 0.418 e. The number of amides is 1. The van der Waals surface area contributed by atoms with E-state index in [2.05, 4.69) is 16.4 Å². The minimum absolute atomic E-state index is 0.120. The molecule has 2 rings (SSSR count). The molecule has 1 heterocycles. The maximum atomic E-state index is 11.5. The van der Waals surface area contributed by atoms with E-state index in [0.29, 0.717) is 11.4 Å². The number of ether oxygens (including phenoxy) is 1. The van der Waals surface area contributed by atoms with Gasteiger partial charge in [0, 0.05) is 12.3 Å². The highest BCUT2D eigenvalue weighted by atomic mass is 16.6. The third kappa shape index (κ3) is 3.15. The monoisotopic (exact) mass is 240 g/mol. The molecule has 1 aromatic heterocycles. The number of hydrogen-bond donors (Lipinski definition) is 2. The SMILES string of the molecule is N=C(NC(=O)Oc1ccccc1)c1cc[c]cn1. The minimum atomic E-state index is -0.721. The number of rotatable bonds is 2. The molecule has 0 saturated heterocycles. The predicted octanol–water partition coefficient (Wildman–Crippen LogP) is 2.00. The first-order valence-electron chi connectivity index (χ1n) is 5.20. The Morgan fingerprint density at radius 3 is 2.72 bits per heavy atom. The Labute approximate surface area is 104 Å².